The van der Waals surface area contributed by atoms with Gasteiger partial charge in [-0.1, -0.05) is 0 Å². The molecule has 1 aromatic heterocycles. The Morgan fingerprint density at radius 2 is 2.45 bits per heavy atom. The smallest absolute Gasteiger partial charge is 0.0734 e. The molecular formula is C8H12N2O. The Morgan fingerprint density at radius 1 is 1.64 bits per heavy atom. The molecule has 1 rings (SSSR count). The van der Waals surface area contributed by atoms with Gasteiger partial charge in [0, 0.05) is 18.3 Å². The molecule has 0 amide bonds. The molecule has 1 heterocycles. The van der Waals surface area contributed by atoms with E-state index in [2.05, 4.69) is 9.82 Å². The van der Waals surface area contributed by atoms with E-state index in [9.17, 15) is 0 Å². The lowest BCUT2D eigenvalue weighted by molar-refractivity contribution is 0.140. The number of hydrogen-bond donors (Lipinski definition) is 1. The lowest BCUT2D eigenvalue weighted by Gasteiger charge is -1.98. The second kappa shape index (κ2) is 4.05. The second-order valence-corrected chi connectivity index (χ2v) is 2.45. The predicted molar refractivity (Wildman–Crippen MR) is 42.8 cm³/mol. The van der Waals surface area contributed by atoms with Crippen LogP contribution in [0, 0.1) is 6.92 Å². The van der Waals surface area contributed by atoms with E-state index in [1.165, 1.54) is 5.56 Å². The van der Waals surface area contributed by atoms with Crippen LogP contribution in [0.15, 0.2) is 18.3 Å². The summed E-state index contributed by atoms with van der Waals surface area (Å²) in [5.41, 5.74) is 2.24. The van der Waals surface area contributed by atoms with Crippen molar-refractivity contribution in [3.63, 3.8) is 0 Å². The Hall–Kier alpha value is -0.930. The van der Waals surface area contributed by atoms with Crippen molar-refractivity contribution in [2.75, 3.05) is 6.61 Å². The molecule has 11 heavy (non-hydrogen) atoms. The van der Waals surface area contributed by atoms with E-state index in [4.69, 9.17) is 5.90 Å². The zero-order valence-electron chi connectivity index (χ0n) is 6.58. The summed E-state index contributed by atoms with van der Waals surface area (Å²) in [5.74, 6) is 4.89. The van der Waals surface area contributed by atoms with Gasteiger partial charge in [-0.05, 0) is 24.6 Å². The number of nitrogens with zero attached hydrogens (tertiary/aromatic N) is 1. The van der Waals surface area contributed by atoms with Crippen molar-refractivity contribution in [1.82, 2.24) is 4.98 Å². The third-order valence-corrected chi connectivity index (χ3v) is 1.45. The van der Waals surface area contributed by atoms with Crippen LogP contribution in [0.1, 0.15) is 11.3 Å². The first-order valence-corrected chi connectivity index (χ1v) is 3.56. The van der Waals surface area contributed by atoms with Crippen LogP contribution >= 0.6 is 0 Å². The van der Waals surface area contributed by atoms with Gasteiger partial charge >= 0.3 is 0 Å². The molecule has 0 aliphatic heterocycles. The minimum Gasteiger partial charge on any atom is -0.304 e. The van der Waals surface area contributed by atoms with E-state index >= 15 is 0 Å². The van der Waals surface area contributed by atoms with Crippen molar-refractivity contribution in [3.05, 3.63) is 29.6 Å². The summed E-state index contributed by atoms with van der Waals surface area (Å²) in [6.45, 7) is 2.56. The highest BCUT2D eigenvalue weighted by molar-refractivity contribution is 5.14. The fourth-order valence-corrected chi connectivity index (χ4v) is 0.899. The van der Waals surface area contributed by atoms with E-state index in [1.807, 2.05) is 19.1 Å². The monoisotopic (exact) mass is 152 g/mol. The third-order valence-electron chi connectivity index (χ3n) is 1.45. The number of aryl methyl sites for hydroxylation is 1. The quantitative estimate of drug-likeness (QED) is 0.652. The fourth-order valence-electron chi connectivity index (χ4n) is 0.899. The summed E-state index contributed by atoms with van der Waals surface area (Å²) < 4.78 is 0. The van der Waals surface area contributed by atoms with E-state index in [0.29, 0.717) is 6.61 Å². The first-order valence-electron chi connectivity index (χ1n) is 3.56. The summed E-state index contributed by atoms with van der Waals surface area (Å²) in [5, 5.41) is 0. The van der Waals surface area contributed by atoms with Gasteiger partial charge in [0.25, 0.3) is 0 Å². The summed E-state index contributed by atoms with van der Waals surface area (Å²) in [7, 11) is 0. The van der Waals surface area contributed by atoms with Gasteiger partial charge < -0.3 is 4.84 Å². The average molecular weight is 152 g/mol. The summed E-state index contributed by atoms with van der Waals surface area (Å²) in [6, 6.07) is 3.99. The van der Waals surface area contributed by atoms with Crippen molar-refractivity contribution in [2.24, 2.45) is 5.90 Å². The van der Waals surface area contributed by atoms with Gasteiger partial charge in [0.05, 0.1) is 6.61 Å². The van der Waals surface area contributed by atoms with E-state index in [1.54, 1.807) is 6.20 Å². The predicted octanol–water partition coefficient (Wildman–Crippen LogP) is 0.823. The minimum atomic E-state index is 0.524. The maximum absolute atomic E-state index is 4.89. The van der Waals surface area contributed by atoms with Crippen LogP contribution in [0.5, 0.6) is 0 Å². The molecular weight excluding hydrogens is 140 g/mol. The highest BCUT2D eigenvalue weighted by Crippen LogP contribution is 1.99. The number of nitrogens with two attached hydrogens (primary N) is 1. The van der Waals surface area contributed by atoms with E-state index in [-0.39, 0.29) is 0 Å². The van der Waals surface area contributed by atoms with E-state index < -0.39 is 0 Å². The molecule has 0 spiro atoms. The maximum atomic E-state index is 4.89. The lowest BCUT2D eigenvalue weighted by Crippen LogP contribution is -2.04. The SMILES string of the molecule is Cc1ccnc(CCON)c1. The van der Waals surface area contributed by atoms with Crippen LogP contribution in [-0.4, -0.2) is 11.6 Å². The molecule has 3 heteroatoms. The highest BCUT2D eigenvalue weighted by Gasteiger charge is 1.93. The number of rotatable bonds is 3. The Morgan fingerprint density at radius 3 is 3.09 bits per heavy atom. The molecule has 0 fully saturated rings. The van der Waals surface area contributed by atoms with Crippen LogP contribution in [-0.2, 0) is 11.3 Å². The zero-order valence-corrected chi connectivity index (χ0v) is 6.58. The molecule has 0 atom stereocenters. The standard InChI is InChI=1S/C8H12N2O/c1-7-2-4-10-8(6-7)3-5-11-9/h2,4,6H,3,5,9H2,1H3. The Bertz CT molecular complexity index is 225. The largest absolute Gasteiger partial charge is 0.304 e. The number of hydrogen-bond acceptors (Lipinski definition) is 3. The molecule has 2 N–H and O–H groups in total. The topological polar surface area (TPSA) is 48.1 Å². The van der Waals surface area contributed by atoms with Gasteiger partial charge in [-0.25, -0.2) is 5.90 Å². The molecule has 0 radical (unpaired) electrons. The second-order valence-electron chi connectivity index (χ2n) is 2.45. The van der Waals surface area contributed by atoms with Gasteiger partial charge in [-0.2, -0.15) is 0 Å². The summed E-state index contributed by atoms with van der Waals surface area (Å²) in [6.07, 6.45) is 2.57. The molecule has 1 aromatic rings. The average Bonchev–Trinajstić information content (AvgIpc) is 2.01. The van der Waals surface area contributed by atoms with Crippen molar-refractivity contribution < 1.29 is 4.84 Å². The van der Waals surface area contributed by atoms with Crippen LogP contribution < -0.4 is 5.90 Å². The van der Waals surface area contributed by atoms with Crippen molar-refractivity contribution in [2.45, 2.75) is 13.3 Å². The summed E-state index contributed by atoms with van der Waals surface area (Å²) >= 11 is 0. The molecule has 0 aromatic carbocycles. The van der Waals surface area contributed by atoms with Gasteiger partial charge in [0.1, 0.15) is 0 Å². The molecule has 0 bridgehead atoms. The molecule has 60 valence electrons. The maximum Gasteiger partial charge on any atom is 0.0734 e. The molecule has 0 aliphatic carbocycles. The van der Waals surface area contributed by atoms with Crippen molar-refractivity contribution in [3.8, 4) is 0 Å². The molecule has 0 saturated heterocycles. The van der Waals surface area contributed by atoms with E-state index in [0.717, 1.165) is 12.1 Å². The van der Waals surface area contributed by atoms with Crippen molar-refractivity contribution in [1.29, 1.82) is 0 Å². The Balaban J connectivity index is 2.56. The highest BCUT2D eigenvalue weighted by atomic mass is 16.6. The van der Waals surface area contributed by atoms with Crippen LogP contribution in [0.3, 0.4) is 0 Å². The van der Waals surface area contributed by atoms with Crippen LogP contribution in [0.2, 0.25) is 0 Å². The van der Waals surface area contributed by atoms with Gasteiger partial charge in [-0.3, -0.25) is 4.98 Å². The minimum absolute atomic E-state index is 0.524. The van der Waals surface area contributed by atoms with Gasteiger partial charge in [0.2, 0.25) is 0 Å². The van der Waals surface area contributed by atoms with Gasteiger partial charge in [0.15, 0.2) is 0 Å². The molecule has 0 saturated carbocycles. The normalized spacial score (nSPS) is 10.0. The first kappa shape index (κ1) is 8.17. The molecule has 3 nitrogen and oxygen atoms in total. The first-order chi connectivity index (χ1) is 5.33. The molecule has 0 unspecified atom stereocenters. The van der Waals surface area contributed by atoms with Crippen LogP contribution in [0.4, 0.5) is 0 Å². The number of aromatic nitrogens is 1. The Kier molecular flexibility index (Phi) is 3.01. The molecule has 0 aliphatic rings. The fraction of sp³-hybridized carbons (Fsp3) is 0.375. The van der Waals surface area contributed by atoms with Crippen molar-refractivity contribution >= 4 is 0 Å². The Labute approximate surface area is 66.2 Å². The third kappa shape index (κ3) is 2.65. The zero-order chi connectivity index (χ0) is 8.10. The van der Waals surface area contributed by atoms with Crippen LogP contribution in [0.25, 0.3) is 0 Å². The number of pyridine rings is 1. The summed E-state index contributed by atoms with van der Waals surface area (Å²) in [4.78, 5) is 8.59. The lowest BCUT2D eigenvalue weighted by atomic mass is 10.2. The van der Waals surface area contributed by atoms with Gasteiger partial charge in [-0.15, -0.1) is 0 Å².